The second kappa shape index (κ2) is 10.7. The van der Waals surface area contributed by atoms with Crippen LogP contribution in [0.5, 0.6) is 11.6 Å². The molecule has 1 aromatic carbocycles. The highest BCUT2D eigenvalue weighted by Crippen LogP contribution is 2.38. The average molecular weight is 579 g/mol. The van der Waals surface area contributed by atoms with Crippen LogP contribution < -0.4 is 14.8 Å². The first-order chi connectivity index (χ1) is 18.6. The van der Waals surface area contributed by atoms with Crippen molar-refractivity contribution in [2.45, 2.75) is 30.0 Å². The van der Waals surface area contributed by atoms with Crippen LogP contribution in [0.15, 0.2) is 59.6 Å². The van der Waals surface area contributed by atoms with Crippen LogP contribution in [0.25, 0.3) is 22.3 Å². The van der Waals surface area contributed by atoms with Crippen molar-refractivity contribution in [3.8, 4) is 23.0 Å². The fourth-order valence-corrected chi connectivity index (χ4v) is 5.61. The normalized spacial score (nSPS) is 16.3. The maximum absolute atomic E-state index is 14.2. The number of nitrogens with zero attached hydrogens (tertiary/aromatic N) is 3. The van der Waals surface area contributed by atoms with Gasteiger partial charge in [0.05, 0.1) is 40.8 Å². The van der Waals surface area contributed by atoms with E-state index in [1.165, 1.54) is 18.2 Å². The minimum atomic E-state index is -4.39. The zero-order valence-corrected chi connectivity index (χ0v) is 21.3. The number of carbonyl (C=O) groups excluding carboxylic acids is 1. The molecule has 1 N–H and O–H groups in total. The predicted octanol–water partition coefficient (Wildman–Crippen LogP) is 4.73. The topological polar surface area (TPSA) is 120 Å². The predicted molar refractivity (Wildman–Crippen MR) is 134 cm³/mol. The van der Waals surface area contributed by atoms with E-state index in [1.807, 2.05) is 0 Å². The van der Waals surface area contributed by atoms with Gasteiger partial charge in [-0.3, -0.25) is 9.78 Å². The Hall–Kier alpha value is -3.97. The molecule has 0 aliphatic carbocycles. The molecular formula is C25H18ClF3N4O5S. The largest absolute Gasteiger partial charge is 0.490 e. The first-order valence-corrected chi connectivity index (χ1v) is 13.3. The lowest BCUT2D eigenvalue weighted by molar-refractivity contribution is -0.0527. The number of hydrogen-bond donors (Lipinski definition) is 1. The Morgan fingerprint density at radius 2 is 1.95 bits per heavy atom. The lowest BCUT2D eigenvalue weighted by Gasteiger charge is -2.12. The molecule has 14 heteroatoms. The Kier molecular flexibility index (Phi) is 7.28. The van der Waals surface area contributed by atoms with E-state index in [9.17, 15) is 26.4 Å². The van der Waals surface area contributed by atoms with E-state index in [0.29, 0.717) is 28.0 Å². The minimum Gasteiger partial charge on any atom is -0.490 e. The van der Waals surface area contributed by atoms with Crippen molar-refractivity contribution < 1.29 is 35.9 Å². The van der Waals surface area contributed by atoms with Gasteiger partial charge in [-0.25, -0.2) is 22.8 Å². The van der Waals surface area contributed by atoms with Gasteiger partial charge in [0.1, 0.15) is 4.90 Å². The first-order valence-electron chi connectivity index (χ1n) is 11.4. The SMILES string of the molecule is O=C(NCc1cc2nc(-c3cccc(OC(F)F)n3)ccc2cn1)c1cc(Cl)c2c(c1)S(=O)(=O)[C@@H](F)CCO2. The maximum Gasteiger partial charge on any atom is 0.388 e. The zero-order valence-electron chi connectivity index (χ0n) is 19.8. The van der Waals surface area contributed by atoms with E-state index in [0.717, 1.165) is 6.07 Å². The number of benzene rings is 1. The smallest absolute Gasteiger partial charge is 0.388 e. The van der Waals surface area contributed by atoms with E-state index in [4.69, 9.17) is 16.3 Å². The number of halogens is 4. The summed E-state index contributed by atoms with van der Waals surface area (Å²) in [5, 5.41) is 3.17. The summed E-state index contributed by atoms with van der Waals surface area (Å²) < 4.78 is 74.0. The van der Waals surface area contributed by atoms with E-state index in [-0.39, 0.29) is 41.8 Å². The number of alkyl halides is 3. The second-order valence-corrected chi connectivity index (χ2v) is 10.8. The molecule has 0 spiro atoms. The molecule has 3 aromatic heterocycles. The van der Waals surface area contributed by atoms with Gasteiger partial charge in [0.15, 0.2) is 5.75 Å². The van der Waals surface area contributed by atoms with Crippen LogP contribution in [0, 0.1) is 0 Å². The monoisotopic (exact) mass is 578 g/mol. The number of rotatable bonds is 6. The fourth-order valence-electron chi connectivity index (χ4n) is 3.88. The average Bonchev–Trinajstić information content (AvgIpc) is 3.02. The van der Waals surface area contributed by atoms with Gasteiger partial charge in [0, 0.05) is 29.6 Å². The highest BCUT2D eigenvalue weighted by Gasteiger charge is 2.35. The van der Waals surface area contributed by atoms with Gasteiger partial charge in [-0.15, -0.1) is 0 Å². The molecule has 0 saturated carbocycles. The number of ether oxygens (including phenoxy) is 2. The van der Waals surface area contributed by atoms with Gasteiger partial charge in [-0.1, -0.05) is 17.7 Å². The van der Waals surface area contributed by atoms with Crippen LogP contribution in [-0.2, 0) is 16.4 Å². The highest BCUT2D eigenvalue weighted by molar-refractivity contribution is 7.92. The van der Waals surface area contributed by atoms with Crippen LogP contribution in [0.4, 0.5) is 13.2 Å². The van der Waals surface area contributed by atoms with Crippen LogP contribution in [-0.4, -0.2) is 48.0 Å². The second-order valence-electron chi connectivity index (χ2n) is 8.36. The molecule has 0 fully saturated rings. The molecule has 39 heavy (non-hydrogen) atoms. The molecule has 202 valence electrons. The highest BCUT2D eigenvalue weighted by atomic mass is 35.5. The number of hydrogen-bond acceptors (Lipinski definition) is 8. The fraction of sp³-hybridized carbons (Fsp3) is 0.200. The van der Waals surface area contributed by atoms with Gasteiger partial charge in [0.25, 0.3) is 5.91 Å². The third-order valence-electron chi connectivity index (χ3n) is 5.76. The summed E-state index contributed by atoms with van der Waals surface area (Å²) in [6.07, 6.45) is 1.19. The van der Waals surface area contributed by atoms with E-state index < -0.39 is 32.8 Å². The van der Waals surface area contributed by atoms with Crippen molar-refractivity contribution >= 4 is 38.2 Å². The summed E-state index contributed by atoms with van der Waals surface area (Å²) in [6, 6.07) is 11.7. The summed E-state index contributed by atoms with van der Waals surface area (Å²) in [4.78, 5) is 25.2. The van der Waals surface area contributed by atoms with Crippen molar-refractivity contribution in [1.29, 1.82) is 0 Å². The quantitative estimate of drug-likeness (QED) is 0.349. The summed E-state index contributed by atoms with van der Waals surface area (Å²) >= 11 is 6.16. The van der Waals surface area contributed by atoms with E-state index in [1.54, 1.807) is 30.5 Å². The van der Waals surface area contributed by atoms with Gasteiger partial charge in [-0.05, 0) is 36.4 Å². The maximum atomic E-state index is 14.2. The molecule has 0 saturated heterocycles. The number of fused-ring (bicyclic) bond motifs is 2. The Bertz CT molecular complexity index is 1690. The number of aromatic nitrogens is 3. The first kappa shape index (κ1) is 26.6. The van der Waals surface area contributed by atoms with Crippen molar-refractivity contribution in [3.05, 3.63) is 71.0 Å². The van der Waals surface area contributed by atoms with Gasteiger partial charge in [0.2, 0.25) is 21.2 Å². The number of pyridine rings is 3. The molecule has 1 atom stereocenters. The molecular weight excluding hydrogens is 561 g/mol. The lowest BCUT2D eigenvalue weighted by Crippen LogP contribution is -2.24. The molecule has 1 aliphatic rings. The third-order valence-corrected chi connectivity index (χ3v) is 7.87. The Morgan fingerprint density at radius 1 is 1.15 bits per heavy atom. The summed E-state index contributed by atoms with van der Waals surface area (Å²) in [5.74, 6) is -1.10. The number of carbonyl (C=O) groups is 1. The van der Waals surface area contributed by atoms with Crippen LogP contribution >= 0.6 is 11.6 Å². The summed E-state index contributed by atoms with van der Waals surface area (Å²) in [6.45, 7) is -3.24. The van der Waals surface area contributed by atoms with Gasteiger partial charge >= 0.3 is 6.61 Å². The van der Waals surface area contributed by atoms with Crippen molar-refractivity contribution in [1.82, 2.24) is 20.3 Å². The minimum absolute atomic E-state index is 0.0552. The number of sulfone groups is 1. The molecule has 0 radical (unpaired) electrons. The number of nitrogens with one attached hydrogen (secondary N) is 1. The molecule has 4 heterocycles. The number of amides is 1. The van der Waals surface area contributed by atoms with Gasteiger partial charge < -0.3 is 14.8 Å². The standard InChI is InChI=1S/C25H18ClF3N4O5S/c26-16-8-14(9-20-23(16)37-7-6-21(27)39(20,35)36)24(34)31-12-15-10-19-13(11-30-15)4-5-18(32-19)17-2-1-3-22(33-17)38-25(28)29/h1-5,8-11,21,25H,6-7,12H2,(H,31,34)/t21-/m1/s1. The zero-order chi connectivity index (χ0) is 27.7. The molecule has 9 nitrogen and oxygen atoms in total. The molecule has 4 aromatic rings. The van der Waals surface area contributed by atoms with Gasteiger partial charge in [-0.2, -0.15) is 8.78 Å². The van der Waals surface area contributed by atoms with E-state index in [2.05, 4.69) is 25.0 Å². The lowest BCUT2D eigenvalue weighted by atomic mass is 10.1. The Balaban J connectivity index is 1.36. The van der Waals surface area contributed by atoms with Crippen molar-refractivity contribution in [2.24, 2.45) is 0 Å². The summed E-state index contributed by atoms with van der Waals surface area (Å²) in [7, 11) is -4.39. The van der Waals surface area contributed by atoms with Crippen molar-refractivity contribution in [3.63, 3.8) is 0 Å². The summed E-state index contributed by atoms with van der Waals surface area (Å²) in [5.41, 5.74) is -0.642. The van der Waals surface area contributed by atoms with Crippen molar-refractivity contribution in [2.75, 3.05) is 6.61 Å². The molecule has 1 amide bonds. The van der Waals surface area contributed by atoms with Crippen LogP contribution in [0.2, 0.25) is 5.02 Å². The Morgan fingerprint density at radius 3 is 2.74 bits per heavy atom. The Labute approximate surface area is 224 Å². The third kappa shape index (κ3) is 5.59. The van der Waals surface area contributed by atoms with Crippen LogP contribution in [0.3, 0.4) is 0 Å². The van der Waals surface area contributed by atoms with E-state index >= 15 is 0 Å². The molecule has 0 bridgehead atoms. The van der Waals surface area contributed by atoms with Crippen LogP contribution in [0.1, 0.15) is 22.5 Å². The molecule has 1 aliphatic heterocycles. The molecule has 0 unspecified atom stereocenters. The molecule has 5 rings (SSSR count).